The maximum atomic E-state index is 10.2. The summed E-state index contributed by atoms with van der Waals surface area (Å²) in [7, 11) is -6.59. The zero-order valence-electron chi connectivity index (χ0n) is 25.2. The number of hydrogen-bond donors (Lipinski definition) is 4. The Bertz CT molecular complexity index is 646. The standard InChI is InChI=1S/C9H18N2.2C6H14O4S.2C2H6/c1-3-4-5-8-11-9-6-7-10-2;2*1-4-6(5(2)3)10-11(7,8)9;2*1-2/h1,10-11H,4-9H2,2H3;2*5-6H,4H2,1-3H3,(H,7,8,9);2*1-2H3. The Balaban J connectivity index is -0.000000129. The minimum absolute atomic E-state index is 0.0851. The maximum absolute atomic E-state index is 10.2. The lowest BCUT2D eigenvalue weighted by Gasteiger charge is -2.16. The van der Waals surface area contributed by atoms with E-state index in [0.29, 0.717) is 12.8 Å². The van der Waals surface area contributed by atoms with Gasteiger partial charge < -0.3 is 10.6 Å². The SMILES string of the molecule is C#CCCCNCCCNC.CC.CC.CCC(OS(=O)(=O)O)C(C)C.CCC(OS(=O)(=O)O)C(C)C. The molecule has 0 amide bonds. The largest absolute Gasteiger partial charge is 0.397 e. The summed E-state index contributed by atoms with van der Waals surface area (Å²) in [6, 6.07) is 0. The zero-order valence-corrected chi connectivity index (χ0v) is 26.8. The molecular weight excluding hydrogens is 520 g/mol. The smallest absolute Gasteiger partial charge is 0.320 e. The van der Waals surface area contributed by atoms with Crippen LogP contribution in [0.1, 0.15) is 101 Å². The molecule has 0 aliphatic carbocycles. The lowest BCUT2D eigenvalue weighted by atomic mass is 10.1. The molecule has 0 saturated carbocycles. The van der Waals surface area contributed by atoms with Crippen molar-refractivity contribution < 1.29 is 34.3 Å². The van der Waals surface area contributed by atoms with E-state index in [1.807, 2.05) is 62.4 Å². The summed E-state index contributed by atoms with van der Waals surface area (Å²) in [5, 5.41) is 6.42. The third kappa shape index (κ3) is 45.5. The first-order valence-electron chi connectivity index (χ1n) is 13.2. The highest BCUT2D eigenvalue weighted by molar-refractivity contribution is 7.81. The highest BCUT2D eigenvalue weighted by Gasteiger charge is 2.18. The van der Waals surface area contributed by atoms with Crippen LogP contribution in [0.5, 0.6) is 0 Å². The molecule has 0 heterocycles. The molecule has 4 N–H and O–H groups in total. The Kier molecular flexibility index (Phi) is 39.2. The predicted octanol–water partition coefficient (Wildman–Crippen LogP) is 5.13. The van der Waals surface area contributed by atoms with Crippen LogP contribution in [-0.2, 0) is 29.2 Å². The molecule has 0 aromatic rings. The van der Waals surface area contributed by atoms with Gasteiger partial charge in [-0.05, 0) is 64.2 Å². The molecule has 2 unspecified atom stereocenters. The Hall–Kier alpha value is -0.780. The molecule has 0 aromatic heterocycles. The summed E-state index contributed by atoms with van der Waals surface area (Å²) >= 11 is 0. The Labute approximate surface area is 230 Å². The van der Waals surface area contributed by atoms with Gasteiger partial charge in [-0.2, -0.15) is 16.8 Å². The third-order valence-electron chi connectivity index (χ3n) is 4.24. The molecule has 0 spiro atoms. The molecule has 0 aromatic carbocycles. The van der Waals surface area contributed by atoms with Crippen LogP contribution in [0.3, 0.4) is 0 Å². The minimum atomic E-state index is -4.28. The number of nitrogens with one attached hydrogen (secondary N) is 2. The minimum Gasteiger partial charge on any atom is -0.320 e. The van der Waals surface area contributed by atoms with Gasteiger partial charge in [-0.3, -0.25) is 9.11 Å². The molecule has 37 heavy (non-hydrogen) atoms. The van der Waals surface area contributed by atoms with Crippen molar-refractivity contribution in [3.05, 3.63) is 0 Å². The van der Waals surface area contributed by atoms with Gasteiger partial charge in [0.2, 0.25) is 0 Å². The van der Waals surface area contributed by atoms with Crippen molar-refractivity contribution >= 4 is 20.8 Å². The Morgan fingerprint density at radius 3 is 1.32 bits per heavy atom. The van der Waals surface area contributed by atoms with Crippen LogP contribution in [0, 0.1) is 24.2 Å². The van der Waals surface area contributed by atoms with Gasteiger partial charge in [-0.25, -0.2) is 8.37 Å². The second-order valence-corrected chi connectivity index (χ2v) is 10.0. The summed E-state index contributed by atoms with van der Waals surface area (Å²) in [6.45, 7) is 22.2. The highest BCUT2D eigenvalue weighted by atomic mass is 32.3. The van der Waals surface area contributed by atoms with Crippen molar-refractivity contribution in [2.24, 2.45) is 11.8 Å². The molecule has 12 heteroatoms. The van der Waals surface area contributed by atoms with E-state index in [4.69, 9.17) is 15.5 Å². The van der Waals surface area contributed by atoms with Crippen molar-refractivity contribution in [3.8, 4) is 12.3 Å². The molecule has 2 atom stereocenters. The van der Waals surface area contributed by atoms with Gasteiger partial charge in [0.15, 0.2) is 0 Å². The van der Waals surface area contributed by atoms with E-state index in [1.165, 1.54) is 6.42 Å². The fraction of sp³-hybridized carbons (Fsp3) is 0.920. The van der Waals surface area contributed by atoms with Crippen LogP contribution in [0.2, 0.25) is 0 Å². The topological polar surface area (TPSA) is 151 Å². The molecule has 0 fully saturated rings. The first-order valence-corrected chi connectivity index (χ1v) is 16.0. The average molecular weight is 579 g/mol. The lowest BCUT2D eigenvalue weighted by molar-refractivity contribution is 0.134. The van der Waals surface area contributed by atoms with Crippen LogP contribution in [0.25, 0.3) is 0 Å². The van der Waals surface area contributed by atoms with E-state index in [-0.39, 0.29) is 11.8 Å². The molecule has 0 radical (unpaired) electrons. The first-order chi connectivity index (χ1) is 17.1. The summed E-state index contributed by atoms with van der Waals surface area (Å²) in [4.78, 5) is 0. The molecular formula is C25H58N2O8S2. The predicted molar refractivity (Wildman–Crippen MR) is 155 cm³/mol. The van der Waals surface area contributed by atoms with Crippen molar-refractivity contribution in [1.82, 2.24) is 10.6 Å². The van der Waals surface area contributed by atoms with Gasteiger partial charge in [-0.15, -0.1) is 12.3 Å². The Morgan fingerprint density at radius 2 is 1.11 bits per heavy atom. The second kappa shape index (κ2) is 31.4. The fourth-order valence-corrected chi connectivity index (χ4v) is 3.79. The van der Waals surface area contributed by atoms with Crippen LogP contribution in [0.15, 0.2) is 0 Å². The van der Waals surface area contributed by atoms with Gasteiger partial charge in [0.05, 0.1) is 12.2 Å². The highest BCUT2D eigenvalue weighted by Crippen LogP contribution is 2.12. The molecule has 0 aliphatic rings. The monoisotopic (exact) mass is 578 g/mol. The molecule has 0 bridgehead atoms. The van der Waals surface area contributed by atoms with Gasteiger partial charge in [0.25, 0.3) is 0 Å². The summed E-state index contributed by atoms with van der Waals surface area (Å²) < 4.78 is 66.3. The number of hydrogen-bond acceptors (Lipinski definition) is 8. The lowest BCUT2D eigenvalue weighted by Crippen LogP contribution is -2.22. The van der Waals surface area contributed by atoms with Gasteiger partial charge >= 0.3 is 20.8 Å². The summed E-state index contributed by atoms with van der Waals surface area (Å²) in [6.07, 6.45) is 8.55. The zero-order chi connectivity index (χ0) is 30.5. The number of rotatable bonds is 15. The summed E-state index contributed by atoms with van der Waals surface area (Å²) in [5.41, 5.74) is 0. The van der Waals surface area contributed by atoms with Gasteiger partial charge in [0.1, 0.15) is 0 Å². The van der Waals surface area contributed by atoms with Crippen molar-refractivity contribution in [1.29, 1.82) is 0 Å². The van der Waals surface area contributed by atoms with Gasteiger partial charge in [-0.1, -0.05) is 69.2 Å². The average Bonchev–Trinajstić information content (AvgIpc) is 2.82. The van der Waals surface area contributed by atoms with Crippen LogP contribution >= 0.6 is 0 Å². The van der Waals surface area contributed by atoms with Crippen molar-refractivity contribution in [3.63, 3.8) is 0 Å². The van der Waals surface area contributed by atoms with Crippen LogP contribution in [-0.4, -0.2) is 64.8 Å². The van der Waals surface area contributed by atoms with E-state index < -0.39 is 33.0 Å². The van der Waals surface area contributed by atoms with Crippen LogP contribution in [0.4, 0.5) is 0 Å². The quantitative estimate of drug-likeness (QED) is 0.117. The summed E-state index contributed by atoms with van der Waals surface area (Å²) in [5.74, 6) is 2.79. The molecule has 228 valence electrons. The third-order valence-corrected chi connectivity index (χ3v) is 5.22. The normalized spacial score (nSPS) is 12.3. The van der Waals surface area contributed by atoms with Crippen LogP contribution < -0.4 is 10.6 Å². The molecule has 0 rings (SSSR count). The van der Waals surface area contributed by atoms with E-state index in [0.717, 1.165) is 32.5 Å². The van der Waals surface area contributed by atoms with E-state index in [9.17, 15) is 16.8 Å². The maximum Gasteiger partial charge on any atom is 0.397 e. The molecule has 0 aliphatic heterocycles. The van der Waals surface area contributed by atoms with E-state index in [2.05, 4.69) is 24.9 Å². The first kappa shape index (κ1) is 46.1. The number of unbranched alkanes of at least 4 members (excludes halogenated alkanes) is 1. The second-order valence-electron chi connectivity index (χ2n) is 7.94. The Morgan fingerprint density at radius 1 is 0.757 bits per heavy atom. The van der Waals surface area contributed by atoms with Crippen molar-refractivity contribution in [2.45, 2.75) is 114 Å². The van der Waals surface area contributed by atoms with Crippen molar-refractivity contribution in [2.75, 3.05) is 26.7 Å². The molecule has 10 nitrogen and oxygen atoms in total. The fourth-order valence-electron chi connectivity index (χ4n) is 2.44. The van der Waals surface area contributed by atoms with Gasteiger partial charge in [0, 0.05) is 6.42 Å². The van der Waals surface area contributed by atoms with E-state index >= 15 is 0 Å². The number of terminal acetylenes is 1. The van der Waals surface area contributed by atoms with E-state index in [1.54, 1.807) is 13.8 Å². The molecule has 0 saturated heterocycles.